The fraction of sp³-hybridized carbons (Fsp3) is 0.800. The maximum Gasteiger partial charge on any atom is 0.100 e. The van der Waals surface area contributed by atoms with E-state index in [4.69, 9.17) is 4.74 Å². The number of hydrogen-bond donors (Lipinski definition) is 0. The summed E-state index contributed by atoms with van der Waals surface area (Å²) in [5, 5.41) is 0. The Balaban J connectivity index is 3.70. The fourth-order valence-corrected chi connectivity index (χ4v) is 1.41. The van der Waals surface area contributed by atoms with Crippen molar-refractivity contribution in [2.24, 2.45) is 0 Å². The van der Waals surface area contributed by atoms with Gasteiger partial charge in [-0.05, 0) is 39.5 Å². The van der Waals surface area contributed by atoms with Gasteiger partial charge in [0, 0.05) is 5.75 Å². The van der Waals surface area contributed by atoms with Gasteiger partial charge in [0.2, 0.25) is 0 Å². The van der Waals surface area contributed by atoms with Crippen molar-refractivity contribution < 1.29 is 4.74 Å². The lowest BCUT2D eigenvalue weighted by Gasteiger charge is -2.21. The number of allylic oxidation sites excluding steroid dienone is 1. The van der Waals surface area contributed by atoms with E-state index in [2.05, 4.69) is 33.8 Å². The van der Waals surface area contributed by atoms with Gasteiger partial charge in [0.25, 0.3) is 0 Å². The van der Waals surface area contributed by atoms with Crippen LogP contribution < -0.4 is 0 Å². The van der Waals surface area contributed by atoms with Crippen LogP contribution in [0.15, 0.2) is 11.8 Å². The number of thioether (sulfide) groups is 1. The molecular formula is C10H20OS. The van der Waals surface area contributed by atoms with Crippen LogP contribution in [0.4, 0.5) is 0 Å². The molecule has 0 aromatic rings. The Morgan fingerprint density at radius 2 is 2.00 bits per heavy atom. The van der Waals surface area contributed by atoms with Crippen molar-refractivity contribution in [2.75, 3.05) is 11.5 Å². The van der Waals surface area contributed by atoms with E-state index in [9.17, 15) is 0 Å². The summed E-state index contributed by atoms with van der Waals surface area (Å²) < 4.78 is 5.63. The van der Waals surface area contributed by atoms with E-state index in [1.165, 1.54) is 5.75 Å². The summed E-state index contributed by atoms with van der Waals surface area (Å²) in [4.78, 5) is 0. The molecule has 0 aliphatic carbocycles. The molecule has 0 heterocycles. The Bertz CT molecular complexity index is 144. The normalized spacial score (nSPS) is 13.2. The number of ether oxygens (including phenoxy) is 1. The highest BCUT2D eigenvalue weighted by Crippen LogP contribution is 2.13. The molecule has 0 atom stereocenters. The summed E-state index contributed by atoms with van der Waals surface area (Å²) in [6.45, 7) is 10.4. The van der Waals surface area contributed by atoms with Gasteiger partial charge in [0.05, 0.1) is 5.76 Å². The third-order valence-corrected chi connectivity index (χ3v) is 1.97. The lowest BCUT2D eigenvalue weighted by Crippen LogP contribution is -2.17. The van der Waals surface area contributed by atoms with E-state index < -0.39 is 0 Å². The molecule has 0 saturated heterocycles. The molecule has 2 heteroatoms. The summed E-state index contributed by atoms with van der Waals surface area (Å²) in [5.41, 5.74) is -0.0581. The van der Waals surface area contributed by atoms with Gasteiger partial charge in [0.15, 0.2) is 0 Å². The minimum atomic E-state index is -0.0581. The average molecular weight is 188 g/mol. The van der Waals surface area contributed by atoms with Crippen LogP contribution >= 0.6 is 11.8 Å². The molecule has 0 saturated carbocycles. The van der Waals surface area contributed by atoms with E-state index in [0.717, 1.165) is 11.5 Å². The maximum atomic E-state index is 5.63. The lowest BCUT2D eigenvalue weighted by atomic mass is 10.2. The van der Waals surface area contributed by atoms with E-state index in [1.54, 1.807) is 0 Å². The minimum absolute atomic E-state index is 0.0581. The second-order valence-electron chi connectivity index (χ2n) is 3.69. The lowest BCUT2D eigenvalue weighted by molar-refractivity contribution is 0.0532. The van der Waals surface area contributed by atoms with Crippen LogP contribution in [-0.2, 0) is 4.74 Å². The second kappa shape index (κ2) is 5.52. The molecule has 72 valence electrons. The Labute approximate surface area is 80.6 Å². The third-order valence-electron chi connectivity index (χ3n) is 1.16. The molecule has 12 heavy (non-hydrogen) atoms. The van der Waals surface area contributed by atoms with Crippen molar-refractivity contribution in [3.8, 4) is 0 Å². The molecule has 0 bridgehead atoms. The molecule has 0 aromatic heterocycles. The highest BCUT2D eigenvalue weighted by atomic mass is 32.2. The number of rotatable bonds is 4. The van der Waals surface area contributed by atoms with Crippen molar-refractivity contribution in [3.05, 3.63) is 11.8 Å². The van der Waals surface area contributed by atoms with Crippen molar-refractivity contribution >= 4 is 11.8 Å². The SMILES string of the molecule is CCSC/C=C(\C)OC(C)(C)C. The molecule has 0 aliphatic rings. The van der Waals surface area contributed by atoms with Crippen LogP contribution in [0.3, 0.4) is 0 Å². The van der Waals surface area contributed by atoms with Gasteiger partial charge in [-0.1, -0.05) is 6.92 Å². The molecular weight excluding hydrogens is 168 g/mol. The first-order chi connectivity index (χ1) is 5.45. The minimum Gasteiger partial charge on any atom is -0.493 e. The molecule has 0 N–H and O–H groups in total. The first kappa shape index (κ1) is 11.9. The average Bonchev–Trinajstić information content (AvgIpc) is 1.84. The van der Waals surface area contributed by atoms with Gasteiger partial charge >= 0.3 is 0 Å². The number of hydrogen-bond acceptors (Lipinski definition) is 2. The summed E-state index contributed by atoms with van der Waals surface area (Å²) in [6.07, 6.45) is 2.14. The van der Waals surface area contributed by atoms with Crippen molar-refractivity contribution in [1.29, 1.82) is 0 Å². The highest BCUT2D eigenvalue weighted by Gasteiger charge is 2.10. The topological polar surface area (TPSA) is 9.23 Å². The second-order valence-corrected chi connectivity index (χ2v) is 5.01. The van der Waals surface area contributed by atoms with Crippen LogP contribution in [0, 0.1) is 0 Å². The first-order valence-corrected chi connectivity index (χ1v) is 5.54. The van der Waals surface area contributed by atoms with Crippen LogP contribution in [-0.4, -0.2) is 17.1 Å². The van der Waals surface area contributed by atoms with Crippen molar-refractivity contribution in [1.82, 2.24) is 0 Å². The smallest absolute Gasteiger partial charge is 0.100 e. The van der Waals surface area contributed by atoms with Crippen LogP contribution in [0.25, 0.3) is 0 Å². The van der Waals surface area contributed by atoms with Gasteiger partial charge < -0.3 is 4.74 Å². The fourth-order valence-electron chi connectivity index (χ4n) is 0.819. The zero-order chi connectivity index (χ0) is 9.61. The van der Waals surface area contributed by atoms with Crippen molar-refractivity contribution in [3.63, 3.8) is 0 Å². The quantitative estimate of drug-likeness (QED) is 0.493. The molecule has 0 aliphatic heterocycles. The molecule has 1 nitrogen and oxygen atoms in total. The molecule has 0 spiro atoms. The summed E-state index contributed by atoms with van der Waals surface area (Å²) in [6, 6.07) is 0. The predicted molar refractivity (Wildman–Crippen MR) is 57.6 cm³/mol. The summed E-state index contributed by atoms with van der Waals surface area (Å²) >= 11 is 1.91. The Hall–Kier alpha value is -0.110. The van der Waals surface area contributed by atoms with E-state index in [0.29, 0.717) is 0 Å². The predicted octanol–water partition coefficient (Wildman–Crippen LogP) is 3.46. The van der Waals surface area contributed by atoms with Crippen LogP contribution in [0.1, 0.15) is 34.6 Å². The maximum absolute atomic E-state index is 5.63. The monoisotopic (exact) mass is 188 g/mol. The Morgan fingerprint density at radius 3 is 2.42 bits per heavy atom. The largest absolute Gasteiger partial charge is 0.493 e. The van der Waals surface area contributed by atoms with Crippen LogP contribution in [0.2, 0.25) is 0 Å². The molecule has 0 fully saturated rings. The van der Waals surface area contributed by atoms with Crippen LogP contribution in [0.5, 0.6) is 0 Å². The van der Waals surface area contributed by atoms with Gasteiger partial charge in [-0.15, -0.1) is 0 Å². The van der Waals surface area contributed by atoms with Crippen molar-refractivity contribution in [2.45, 2.75) is 40.2 Å². The summed E-state index contributed by atoms with van der Waals surface area (Å²) in [7, 11) is 0. The van der Waals surface area contributed by atoms with Gasteiger partial charge in [-0.2, -0.15) is 11.8 Å². The first-order valence-electron chi connectivity index (χ1n) is 4.39. The molecule has 0 rings (SSSR count). The Kier molecular flexibility index (Phi) is 5.47. The Morgan fingerprint density at radius 1 is 1.42 bits per heavy atom. The van der Waals surface area contributed by atoms with Gasteiger partial charge in [-0.3, -0.25) is 0 Å². The zero-order valence-corrected chi connectivity index (χ0v) is 9.62. The molecule has 0 radical (unpaired) electrons. The molecule has 0 amide bonds. The standard InChI is InChI=1S/C10H20OS/c1-6-12-8-7-9(2)11-10(3,4)5/h7H,6,8H2,1-5H3/b9-7+. The summed E-state index contributed by atoms with van der Waals surface area (Å²) in [5.74, 6) is 3.25. The highest BCUT2D eigenvalue weighted by molar-refractivity contribution is 7.99. The molecule has 0 aromatic carbocycles. The molecule has 0 unspecified atom stereocenters. The van der Waals surface area contributed by atoms with Gasteiger partial charge in [0.1, 0.15) is 5.60 Å². The van der Waals surface area contributed by atoms with E-state index in [-0.39, 0.29) is 5.60 Å². The van der Waals surface area contributed by atoms with E-state index >= 15 is 0 Å². The third kappa shape index (κ3) is 7.99. The zero-order valence-electron chi connectivity index (χ0n) is 8.81. The van der Waals surface area contributed by atoms with Gasteiger partial charge in [-0.25, -0.2) is 0 Å². The van der Waals surface area contributed by atoms with E-state index in [1.807, 2.05) is 18.7 Å².